The topological polar surface area (TPSA) is 46.5 Å². The minimum absolute atomic E-state index is 0.0657. The summed E-state index contributed by atoms with van der Waals surface area (Å²) >= 11 is 0. The monoisotopic (exact) mass is 436 g/mol. The Morgan fingerprint density at radius 1 is 1.06 bits per heavy atom. The fraction of sp³-hybridized carbons (Fsp3) is 0.296. The minimum Gasteiger partial charge on any atom is -0.454 e. The molecule has 3 aromatic rings. The summed E-state index contributed by atoms with van der Waals surface area (Å²) in [6.07, 6.45) is 1.64. The summed E-state index contributed by atoms with van der Waals surface area (Å²) in [4.78, 5) is 13.0. The average Bonchev–Trinajstić information content (AvgIpc) is 2.80. The molecule has 0 spiro atoms. The maximum Gasteiger partial charge on any atom is 0.310 e. The van der Waals surface area contributed by atoms with E-state index in [0.717, 1.165) is 17.2 Å². The zero-order valence-electron chi connectivity index (χ0n) is 17.9. The van der Waals surface area contributed by atoms with Gasteiger partial charge in [-0.1, -0.05) is 61.5 Å². The van der Waals surface area contributed by atoms with Crippen molar-refractivity contribution in [3.05, 3.63) is 95.6 Å². The van der Waals surface area contributed by atoms with Crippen LogP contribution in [-0.4, -0.2) is 17.7 Å². The van der Waals surface area contributed by atoms with Gasteiger partial charge in [-0.2, -0.15) is 0 Å². The van der Waals surface area contributed by atoms with Gasteiger partial charge in [0, 0.05) is 24.7 Å². The molecule has 3 aromatic carbocycles. The number of esters is 1. The molecule has 2 unspecified atom stereocenters. The van der Waals surface area contributed by atoms with E-state index in [-0.39, 0.29) is 24.4 Å². The summed E-state index contributed by atoms with van der Waals surface area (Å²) in [5, 5.41) is 9.60. The van der Waals surface area contributed by atoms with Crippen molar-refractivity contribution in [3.63, 3.8) is 0 Å². The van der Waals surface area contributed by atoms with Crippen LogP contribution in [-0.2, 0) is 15.1 Å². The number of halogens is 2. The van der Waals surface area contributed by atoms with Gasteiger partial charge < -0.3 is 9.84 Å². The highest BCUT2D eigenvalue weighted by Gasteiger charge is 2.44. The molecule has 1 aliphatic rings. The minimum atomic E-state index is -0.798. The maximum absolute atomic E-state index is 14.1. The Morgan fingerprint density at radius 3 is 2.41 bits per heavy atom. The van der Waals surface area contributed by atoms with E-state index in [4.69, 9.17) is 4.74 Å². The predicted octanol–water partition coefficient (Wildman–Crippen LogP) is 5.97. The van der Waals surface area contributed by atoms with Gasteiger partial charge in [0.05, 0.1) is 5.92 Å². The molecule has 5 heteroatoms. The number of rotatable bonds is 6. The molecule has 1 heterocycles. The number of hydrogen-bond donors (Lipinski definition) is 1. The number of aliphatic hydroxyl groups is 1. The number of ether oxygens (including phenoxy) is 1. The Bertz CT molecular complexity index is 1080. The zero-order valence-corrected chi connectivity index (χ0v) is 17.9. The lowest BCUT2D eigenvalue weighted by Crippen LogP contribution is -2.42. The van der Waals surface area contributed by atoms with E-state index in [9.17, 15) is 18.7 Å². The Morgan fingerprint density at radius 2 is 1.78 bits per heavy atom. The highest BCUT2D eigenvalue weighted by Crippen LogP contribution is 2.44. The molecular formula is C27H26F2O3. The first-order valence-corrected chi connectivity index (χ1v) is 10.9. The zero-order chi connectivity index (χ0) is 22.7. The van der Waals surface area contributed by atoms with E-state index >= 15 is 0 Å². The van der Waals surface area contributed by atoms with Crippen molar-refractivity contribution in [3.8, 4) is 11.1 Å². The van der Waals surface area contributed by atoms with E-state index < -0.39 is 17.2 Å². The first kappa shape index (κ1) is 22.2. The molecule has 1 fully saturated rings. The molecule has 1 saturated heterocycles. The fourth-order valence-electron chi connectivity index (χ4n) is 4.65. The van der Waals surface area contributed by atoms with Crippen LogP contribution in [0.25, 0.3) is 11.1 Å². The summed E-state index contributed by atoms with van der Waals surface area (Å²) in [7, 11) is 0. The quantitative estimate of drug-likeness (QED) is 0.485. The number of cyclic esters (lactones) is 1. The SMILES string of the molecule is C[C@H](c1ccc(-c2ccc(F)cc2F)cc1)C1CCC(CCO)(c2ccccc2)OC1=O. The average molecular weight is 436 g/mol. The number of hydrogen-bond acceptors (Lipinski definition) is 3. The van der Waals surface area contributed by atoms with E-state index in [1.54, 1.807) is 12.1 Å². The highest BCUT2D eigenvalue weighted by atomic mass is 19.1. The Hall–Kier alpha value is -3.05. The summed E-state index contributed by atoms with van der Waals surface area (Å²) in [6.45, 7) is 1.92. The number of carbonyl (C=O) groups is 1. The van der Waals surface area contributed by atoms with Gasteiger partial charge >= 0.3 is 5.97 Å². The Labute approximate surface area is 186 Å². The van der Waals surface area contributed by atoms with Crippen LogP contribution in [0.2, 0.25) is 0 Å². The second-order valence-electron chi connectivity index (χ2n) is 8.44. The molecular weight excluding hydrogens is 410 g/mol. The summed E-state index contributed by atoms with van der Waals surface area (Å²) in [5.41, 5.74) is 2.04. The highest BCUT2D eigenvalue weighted by molar-refractivity contribution is 5.75. The normalized spacial score (nSPS) is 21.8. The largest absolute Gasteiger partial charge is 0.454 e. The third kappa shape index (κ3) is 4.30. The van der Waals surface area contributed by atoms with Crippen LogP contribution in [0.15, 0.2) is 72.8 Å². The summed E-state index contributed by atoms with van der Waals surface area (Å²) in [6, 6.07) is 20.4. The lowest BCUT2D eigenvalue weighted by molar-refractivity contribution is -0.179. The Kier molecular flexibility index (Phi) is 6.38. The molecule has 4 rings (SSSR count). The van der Waals surface area contributed by atoms with E-state index in [0.29, 0.717) is 30.4 Å². The second-order valence-corrected chi connectivity index (χ2v) is 8.44. The molecule has 0 amide bonds. The molecule has 0 saturated carbocycles. The van der Waals surface area contributed by atoms with E-state index in [1.807, 2.05) is 49.4 Å². The summed E-state index contributed by atoms with van der Waals surface area (Å²) in [5.74, 6) is -1.88. The molecule has 0 aliphatic carbocycles. The molecule has 0 radical (unpaired) electrons. The van der Waals surface area contributed by atoms with Crippen molar-refractivity contribution in [1.29, 1.82) is 0 Å². The molecule has 3 atom stereocenters. The molecule has 32 heavy (non-hydrogen) atoms. The van der Waals surface area contributed by atoms with Gasteiger partial charge in [0.15, 0.2) is 0 Å². The van der Waals surface area contributed by atoms with Crippen LogP contribution in [0, 0.1) is 17.6 Å². The number of carbonyl (C=O) groups excluding carboxylic acids is 1. The molecule has 1 N–H and O–H groups in total. The van der Waals surface area contributed by atoms with E-state index in [1.165, 1.54) is 12.1 Å². The second kappa shape index (κ2) is 9.21. The van der Waals surface area contributed by atoms with Gasteiger partial charge in [-0.15, -0.1) is 0 Å². The van der Waals surface area contributed by atoms with Gasteiger partial charge in [-0.3, -0.25) is 4.79 Å². The molecule has 3 nitrogen and oxygen atoms in total. The lowest BCUT2D eigenvalue weighted by Gasteiger charge is -2.41. The van der Waals surface area contributed by atoms with Gasteiger partial charge in [-0.05, 0) is 47.6 Å². The fourth-order valence-corrected chi connectivity index (χ4v) is 4.65. The Balaban J connectivity index is 1.52. The lowest BCUT2D eigenvalue weighted by atomic mass is 9.76. The molecule has 0 bridgehead atoms. The van der Waals surface area contributed by atoms with Gasteiger partial charge in [0.1, 0.15) is 17.2 Å². The van der Waals surface area contributed by atoms with Crippen LogP contribution in [0.3, 0.4) is 0 Å². The van der Waals surface area contributed by atoms with Crippen LogP contribution in [0.1, 0.15) is 43.2 Å². The van der Waals surface area contributed by atoms with Gasteiger partial charge in [0.2, 0.25) is 0 Å². The third-order valence-corrected chi connectivity index (χ3v) is 6.56. The molecule has 0 aromatic heterocycles. The van der Waals surface area contributed by atoms with Crippen molar-refractivity contribution in [2.24, 2.45) is 5.92 Å². The van der Waals surface area contributed by atoms with Crippen molar-refractivity contribution in [2.75, 3.05) is 6.61 Å². The van der Waals surface area contributed by atoms with Crippen LogP contribution < -0.4 is 0 Å². The van der Waals surface area contributed by atoms with Crippen LogP contribution >= 0.6 is 0 Å². The molecule has 166 valence electrons. The van der Waals surface area contributed by atoms with Gasteiger partial charge in [-0.25, -0.2) is 8.78 Å². The number of aliphatic hydroxyl groups excluding tert-OH is 1. The van der Waals surface area contributed by atoms with Crippen LogP contribution in [0.4, 0.5) is 8.78 Å². The van der Waals surface area contributed by atoms with E-state index in [2.05, 4.69) is 0 Å². The van der Waals surface area contributed by atoms with Crippen molar-refractivity contribution in [2.45, 2.75) is 37.7 Å². The summed E-state index contributed by atoms with van der Waals surface area (Å²) < 4.78 is 33.3. The van der Waals surface area contributed by atoms with Crippen molar-refractivity contribution in [1.82, 2.24) is 0 Å². The molecule has 1 aliphatic heterocycles. The third-order valence-electron chi connectivity index (χ3n) is 6.56. The number of benzene rings is 3. The predicted molar refractivity (Wildman–Crippen MR) is 119 cm³/mol. The van der Waals surface area contributed by atoms with Gasteiger partial charge in [0.25, 0.3) is 0 Å². The smallest absolute Gasteiger partial charge is 0.310 e. The first-order valence-electron chi connectivity index (χ1n) is 10.9. The van der Waals surface area contributed by atoms with Crippen molar-refractivity contribution >= 4 is 5.97 Å². The standard InChI is InChI=1S/C27H26F2O3/c1-18(19-7-9-20(10-8-19)24-12-11-22(28)17-25(24)29)23-13-14-27(15-16-30,32-26(23)31)21-5-3-2-4-6-21/h2-12,17-18,23,30H,13-16H2,1H3/t18-,23?,27?/m1/s1. The maximum atomic E-state index is 14.1. The first-order chi connectivity index (χ1) is 15.4. The van der Waals surface area contributed by atoms with Crippen molar-refractivity contribution < 1.29 is 23.4 Å². The van der Waals surface area contributed by atoms with Crippen LogP contribution in [0.5, 0.6) is 0 Å².